The molecule has 3 atom stereocenters. The number of hydrogen-bond acceptors (Lipinski definition) is 9. The fourth-order valence-corrected chi connectivity index (χ4v) is 6.63. The van der Waals surface area contributed by atoms with Gasteiger partial charge in [0.15, 0.2) is 10.6 Å². The predicted octanol–water partition coefficient (Wildman–Crippen LogP) is 8.11. The molecule has 0 radical (unpaired) electrons. The van der Waals surface area contributed by atoms with Crippen molar-refractivity contribution in [1.82, 2.24) is 10.2 Å². The van der Waals surface area contributed by atoms with Crippen molar-refractivity contribution in [3.8, 4) is 11.5 Å². The van der Waals surface area contributed by atoms with Crippen LogP contribution in [0.3, 0.4) is 0 Å². The molecule has 1 aromatic heterocycles. The Morgan fingerprint density at radius 1 is 0.867 bits per heavy atom. The number of rotatable bonds is 10. The molecule has 0 saturated carbocycles. The summed E-state index contributed by atoms with van der Waals surface area (Å²) in [7, 11) is 0. The average Bonchev–Trinajstić information content (AvgIpc) is 3.50. The number of urea groups is 1. The van der Waals surface area contributed by atoms with E-state index >= 15 is 0 Å². The van der Waals surface area contributed by atoms with Crippen molar-refractivity contribution in [2.75, 3.05) is 16.4 Å². The fraction of sp³-hybridized carbons (Fsp3) is 0.206. The maximum atomic E-state index is 12.7. The number of carbonyl (C=O) groups excluding carboxylic acids is 1. The summed E-state index contributed by atoms with van der Waals surface area (Å²) >= 11 is 3.20. The number of aliphatic hydroxyl groups is 1. The number of nitrogens with one attached hydrogen (secondary N) is 2. The largest absolute Gasteiger partial charge is 0.457 e. The van der Waals surface area contributed by atoms with Gasteiger partial charge in [0.05, 0.1) is 18.8 Å². The number of ether oxygens (including phenoxy) is 3. The van der Waals surface area contributed by atoms with Crippen molar-refractivity contribution >= 4 is 40.5 Å². The van der Waals surface area contributed by atoms with Gasteiger partial charge in [-0.05, 0) is 66.6 Å². The molecule has 0 spiro atoms. The summed E-state index contributed by atoms with van der Waals surface area (Å²) in [5.74, 6) is 2.13. The van der Waals surface area contributed by atoms with E-state index in [2.05, 4.69) is 20.8 Å². The molecule has 5 aromatic rings. The van der Waals surface area contributed by atoms with E-state index in [0.29, 0.717) is 29.3 Å². The Bertz CT molecular complexity index is 1680. The summed E-state index contributed by atoms with van der Waals surface area (Å²) in [6, 6.07) is 31.6. The molecule has 230 valence electrons. The Morgan fingerprint density at radius 2 is 1.51 bits per heavy atom. The molecule has 4 aromatic carbocycles. The van der Waals surface area contributed by atoms with E-state index in [4.69, 9.17) is 14.2 Å². The number of aliphatic hydroxyl groups excluding tert-OH is 1. The van der Waals surface area contributed by atoms with Crippen LogP contribution in [0.15, 0.2) is 107 Å². The number of anilines is 2. The molecule has 0 unspecified atom stereocenters. The zero-order chi connectivity index (χ0) is 31.0. The monoisotopic (exact) mass is 640 g/mol. The number of hydrogen-bond donors (Lipinski definition) is 3. The molecule has 11 heteroatoms. The van der Waals surface area contributed by atoms with Crippen LogP contribution in [-0.2, 0) is 16.1 Å². The van der Waals surface area contributed by atoms with Gasteiger partial charge in [-0.3, -0.25) is 0 Å². The highest BCUT2D eigenvalue weighted by atomic mass is 32.2. The molecule has 0 bridgehead atoms. The SMILES string of the molecule is Cc1nnc(SC[C@H]2C[C@@H](c3ccc(CO)cc3)O[C@@H](c3ccc(NC(=O)Nc4ccc(Oc5ccccc5)cc4)cc3)O2)s1. The lowest BCUT2D eigenvalue weighted by atomic mass is 10.0. The predicted molar refractivity (Wildman–Crippen MR) is 176 cm³/mol. The van der Waals surface area contributed by atoms with Crippen LogP contribution >= 0.6 is 23.1 Å². The lowest BCUT2D eigenvalue weighted by molar-refractivity contribution is -0.245. The van der Waals surface area contributed by atoms with Crippen molar-refractivity contribution in [2.24, 2.45) is 0 Å². The number of carbonyl (C=O) groups is 1. The normalized spacial score (nSPS) is 17.9. The number of amides is 2. The van der Waals surface area contributed by atoms with E-state index in [0.717, 1.165) is 31.8 Å². The zero-order valence-electron chi connectivity index (χ0n) is 24.5. The van der Waals surface area contributed by atoms with Gasteiger partial charge in [-0.25, -0.2) is 4.79 Å². The smallest absolute Gasteiger partial charge is 0.323 e. The number of benzene rings is 4. The highest BCUT2D eigenvalue weighted by Crippen LogP contribution is 2.40. The van der Waals surface area contributed by atoms with Gasteiger partial charge in [0.1, 0.15) is 16.5 Å². The van der Waals surface area contributed by atoms with E-state index < -0.39 is 6.29 Å². The summed E-state index contributed by atoms with van der Waals surface area (Å²) in [6.07, 6.45) is -0.193. The van der Waals surface area contributed by atoms with Gasteiger partial charge in [0, 0.05) is 29.1 Å². The molecule has 3 N–H and O–H groups in total. The Balaban J connectivity index is 1.08. The summed E-state index contributed by atoms with van der Waals surface area (Å²) < 4.78 is 19.6. The van der Waals surface area contributed by atoms with Crippen LogP contribution in [0.1, 0.15) is 40.5 Å². The third-order valence-corrected chi connectivity index (χ3v) is 9.15. The standard InChI is InChI=1S/C34H32N4O5S2/c1-22-37-38-34(45-22)44-21-30-19-31(24-9-7-23(20-39)8-10-24)43-32(42-30)25-11-13-26(14-12-25)35-33(40)36-27-15-17-29(18-16-27)41-28-5-3-2-4-6-28/h2-18,30-32,39H,19-21H2,1H3,(H2,35,36,40)/t30-,31+,32+/m1/s1. The average molecular weight is 641 g/mol. The van der Waals surface area contributed by atoms with Gasteiger partial charge in [-0.2, -0.15) is 0 Å². The number of aromatic nitrogens is 2. The maximum Gasteiger partial charge on any atom is 0.323 e. The summed E-state index contributed by atoms with van der Waals surface area (Å²) in [6.45, 7) is 1.93. The Kier molecular flexibility index (Phi) is 10.0. The van der Waals surface area contributed by atoms with Gasteiger partial charge >= 0.3 is 6.03 Å². The van der Waals surface area contributed by atoms with Crippen LogP contribution in [0.2, 0.25) is 0 Å². The minimum Gasteiger partial charge on any atom is -0.457 e. The van der Waals surface area contributed by atoms with Crippen LogP contribution in [0.4, 0.5) is 16.2 Å². The van der Waals surface area contributed by atoms with E-state index in [1.807, 2.05) is 85.8 Å². The Labute approximate surface area is 269 Å². The highest BCUT2D eigenvalue weighted by molar-refractivity contribution is 8.01. The topological polar surface area (TPSA) is 115 Å². The molecule has 2 heterocycles. The number of aryl methyl sites for hydroxylation is 1. The van der Waals surface area contributed by atoms with Crippen LogP contribution < -0.4 is 15.4 Å². The van der Waals surface area contributed by atoms with Gasteiger partial charge < -0.3 is 30.0 Å². The molecule has 2 amide bonds. The van der Waals surface area contributed by atoms with Gasteiger partial charge in [-0.15, -0.1) is 10.2 Å². The Morgan fingerprint density at radius 3 is 2.16 bits per heavy atom. The lowest BCUT2D eigenvalue weighted by Gasteiger charge is -2.36. The molecular formula is C34H32N4O5S2. The van der Waals surface area contributed by atoms with Crippen LogP contribution in [0.25, 0.3) is 0 Å². The van der Waals surface area contributed by atoms with Crippen LogP contribution in [0, 0.1) is 6.92 Å². The molecule has 1 saturated heterocycles. The Hall–Kier alpha value is -4.26. The number of nitrogens with zero attached hydrogens (tertiary/aromatic N) is 2. The van der Waals surface area contributed by atoms with Crippen LogP contribution in [0.5, 0.6) is 11.5 Å². The highest BCUT2D eigenvalue weighted by Gasteiger charge is 2.32. The van der Waals surface area contributed by atoms with Crippen molar-refractivity contribution < 1.29 is 24.1 Å². The molecule has 0 aliphatic carbocycles. The third-order valence-electron chi connectivity index (χ3n) is 7.05. The first-order valence-electron chi connectivity index (χ1n) is 14.5. The first-order chi connectivity index (χ1) is 22.0. The number of para-hydroxylation sites is 1. The second-order valence-corrected chi connectivity index (χ2v) is 12.8. The number of thioether (sulfide) groups is 1. The summed E-state index contributed by atoms with van der Waals surface area (Å²) in [5, 5.41) is 24.4. The first kappa shape index (κ1) is 30.8. The maximum absolute atomic E-state index is 12.7. The van der Waals surface area contributed by atoms with Crippen LogP contribution in [-0.4, -0.2) is 33.2 Å². The van der Waals surface area contributed by atoms with Gasteiger partial charge in [0.2, 0.25) is 0 Å². The molecule has 1 fully saturated rings. The minimum absolute atomic E-state index is 0.00747. The summed E-state index contributed by atoms with van der Waals surface area (Å²) in [5.41, 5.74) is 3.98. The molecule has 1 aliphatic heterocycles. The molecule has 1 aliphatic rings. The quantitative estimate of drug-likeness (QED) is 0.131. The minimum atomic E-state index is -0.595. The molecule has 9 nitrogen and oxygen atoms in total. The van der Waals surface area contributed by atoms with Crippen molar-refractivity contribution in [2.45, 2.75) is 42.8 Å². The van der Waals surface area contributed by atoms with Crippen molar-refractivity contribution in [3.05, 3.63) is 125 Å². The van der Waals surface area contributed by atoms with E-state index in [9.17, 15) is 9.90 Å². The second kappa shape index (κ2) is 14.7. The van der Waals surface area contributed by atoms with E-state index in [1.54, 1.807) is 47.4 Å². The van der Waals surface area contributed by atoms with Gasteiger partial charge in [-0.1, -0.05) is 77.7 Å². The van der Waals surface area contributed by atoms with Crippen molar-refractivity contribution in [3.63, 3.8) is 0 Å². The molecular weight excluding hydrogens is 609 g/mol. The second-order valence-electron chi connectivity index (χ2n) is 10.4. The summed E-state index contributed by atoms with van der Waals surface area (Å²) in [4.78, 5) is 12.7. The zero-order valence-corrected chi connectivity index (χ0v) is 26.1. The van der Waals surface area contributed by atoms with Crippen molar-refractivity contribution in [1.29, 1.82) is 0 Å². The molecule has 6 rings (SSSR count). The van der Waals surface area contributed by atoms with E-state index in [-0.39, 0.29) is 24.8 Å². The first-order valence-corrected chi connectivity index (χ1v) is 16.3. The van der Waals surface area contributed by atoms with Gasteiger partial charge in [0.25, 0.3) is 0 Å². The lowest BCUT2D eigenvalue weighted by Crippen LogP contribution is -2.31. The molecule has 45 heavy (non-hydrogen) atoms. The third kappa shape index (κ3) is 8.47. The fourth-order valence-electron chi connectivity index (χ4n) is 4.77. The van der Waals surface area contributed by atoms with E-state index in [1.165, 1.54) is 0 Å².